The van der Waals surface area contributed by atoms with Crippen LogP contribution in [0.25, 0.3) is 11.0 Å². The van der Waals surface area contributed by atoms with Gasteiger partial charge in [0.15, 0.2) is 23.4 Å². The second-order valence-electron chi connectivity index (χ2n) is 4.03. The standard InChI is InChI=1S/C13H13NO5/c1-6-8(4-14)7-3-10(18-2)11(16)9(5-15)12(7)19-13(6)17/h3,5,16H,4,14H2,1-2H3. The van der Waals surface area contributed by atoms with Crippen molar-refractivity contribution in [3.05, 3.63) is 33.2 Å². The number of carbonyl (C=O) groups is 1. The lowest BCUT2D eigenvalue weighted by Gasteiger charge is -2.11. The highest BCUT2D eigenvalue weighted by molar-refractivity contribution is 6.00. The monoisotopic (exact) mass is 263 g/mol. The summed E-state index contributed by atoms with van der Waals surface area (Å²) in [5.41, 5.74) is 5.88. The first-order valence-electron chi connectivity index (χ1n) is 5.56. The molecular weight excluding hydrogens is 250 g/mol. The molecule has 0 bridgehead atoms. The molecule has 0 atom stereocenters. The van der Waals surface area contributed by atoms with Crippen LogP contribution in [0.15, 0.2) is 15.3 Å². The van der Waals surface area contributed by atoms with E-state index >= 15 is 0 Å². The molecule has 0 aliphatic carbocycles. The van der Waals surface area contributed by atoms with Crippen LogP contribution in [0.1, 0.15) is 21.5 Å². The van der Waals surface area contributed by atoms with Crippen molar-refractivity contribution in [2.24, 2.45) is 5.73 Å². The summed E-state index contributed by atoms with van der Waals surface area (Å²) in [7, 11) is 1.36. The number of methoxy groups -OCH3 is 1. The van der Waals surface area contributed by atoms with Gasteiger partial charge in [-0.05, 0) is 18.6 Å². The Morgan fingerprint density at radius 1 is 1.53 bits per heavy atom. The Labute approximate surface area is 108 Å². The average molecular weight is 263 g/mol. The van der Waals surface area contributed by atoms with Gasteiger partial charge in [-0.2, -0.15) is 0 Å². The third-order valence-corrected chi connectivity index (χ3v) is 3.07. The minimum Gasteiger partial charge on any atom is -0.504 e. The molecule has 6 nitrogen and oxygen atoms in total. The van der Waals surface area contributed by atoms with E-state index in [2.05, 4.69) is 0 Å². The van der Waals surface area contributed by atoms with Gasteiger partial charge in [-0.25, -0.2) is 4.79 Å². The van der Waals surface area contributed by atoms with Crippen molar-refractivity contribution in [2.75, 3.05) is 7.11 Å². The van der Waals surface area contributed by atoms with E-state index in [1.807, 2.05) is 0 Å². The summed E-state index contributed by atoms with van der Waals surface area (Å²) in [4.78, 5) is 22.8. The third-order valence-electron chi connectivity index (χ3n) is 3.07. The van der Waals surface area contributed by atoms with Crippen LogP contribution in [-0.4, -0.2) is 18.5 Å². The smallest absolute Gasteiger partial charge is 0.339 e. The highest BCUT2D eigenvalue weighted by Gasteiger charge is 2.19. The van der Waals surface area contributed by atoms with Crippen molar-refractivity contribution in [1.82, 2.24) is 0 Å². The fraction of sp³-hybridized carbons (Fsp3) is 0.231. The zero-order valence-electron chi connectivity index (χ0n) is 10.5. The molecule has 1 aromatic heterocycles. The first kappa shape index (κ1) is 13.1. The maximum atomic E-state index is 11.7. The molecule has 0 radical (unpaired) electrons. The molecule has 0 saturated heterocycles. The van der Waals surface area contributed by atoms with E-state index in [1.54, 1.807) is 6.92 Å². The second kappa shape index (κ2) is 4.74. The molecule has 1 heterocycles. The number of benzene rings is 1. The van der Waals surface area contributed by atoms with Gasteiger partial charge in [0.1, 0.15) is 5.56 Å². The van der Waals surface area contributed by atoms with Crippen molar-refractivity contribution in [3.63, 3.8) is 0 Å². The summed E-state index contributed by atoms with van der Waals surface area (Å²) in [6, 6.07) is 1.50. The van der Waals surface area contributed by atoms with Gasteiger partial charge in [0.25, 0.3) is 0 Å². The average Bonchev–Trinajstić information content (AvgIpc) is 2.40. The normalized spacial score (nSPS) is 10.7. The molecule has 2 aromatic rings. The molecule has 3 N–H and O–H groups in total. The van der Waals surface area contributed by atoms with Gasteiger partial charge < -0.3 is 20.0 Å². The van der Waals surface area contributed by atoms with E-state index in [0.717, 1.165) is 0 Å². The quantitative estimate of drug-likeness (QED) is 0.634. The first-order chi connectivity index (χ1) is 9.04. The molecule has 0 spiro atoms. The SMILES string of the molecule is COc1cc2c(CN)c(C)c(=O)oc2c(C=O)c1O. The molecule has 2 rings (SSSR count). The van der Waals surface area contributed by atoms with Crippen molar-refractivity contribution in [2.45, 2.75) is 13.5 Å². The number of fused-ring (bicyclic) bond motifs is 1. The summed E-state index contributed by atoms with van der Waals surface area (Å²) >= 11 is 0. The lowest BCUT2D eigenvalue weighted by molar-refractivity contribution is 0.112. The minimum absolute atomic E-state index is 0.0179. The number of hydrogen-bond acceptors (Lipinski definition) is 6. The number of aromatic hydroxyl groups is 1. The molecule has 100 valence electrons. The maximum Gasteiger partial charge on any atom is 0.339 e. The number of rotatable bonds is 3. The van der Waals surface area contributed by atoms with Crippen molar-refractivity contribution in [1.29, 1.82) is 0 Å². The summed E-state index contributed by atoms with van der Waals surface area (Å²) in [6.07, 6.45) is 0.415. The van der Waals surface area contributed by atoms with E-state index in [0.29, 0.717) is 22.8 Å². The number of phenolic OH excluding ortho intramolecular Hbond substituents is 1. The van der Waals surface area contributed by atoms with Crippen LogP contribution >= 0.6 is 0 Å². The summed E-state index contributed by atoms with van der Waals surface area (Å²) in [5, 5.41) is 10.3. The van der Waals surface area contributed by atoms with Gasteiger partial charge in [-0.3, -0.25) is 4.79 Å². The Morgan fingerprint density at radius 3 is 2.74 bits per heavy atom. The minimum atomic E-state index is -0.583. The predicted octanol–water partition coefficient (Wildman–Crippen LogP) is 1.09. The van der Waals surface area contributed by atoms with Crippen molar-refractivity contribution < 1.29 is 19.1 Å². The zero-order chi connectivity index (χ0) is 14.2. The zero-order valence-corrected chi connectivity index (χ0v) is 10.5. The van der Waals surface area contributed by atoms with E-state index < -0.39 is 5.63 Å². The number of ether oxygens (including phenoxy) is 1. The first-order valence-corrected chi connectivity index (χ1v) is 5.56. The number of hydrogen-bond donors (Lipinski definition) is 2. The Morgan fingerprint density at radius 2 is 2.21 bits per heavy atom. The molecule has 0 amide bonds. The van der Waals surface area contributed by atoms with Gasteiger partial charge in [0, 0.05) is 17.5 Å². The molecule has 0 saturated carbocycles. The summed E-state index contributed by atoms with van der Waals surface area (Å²) in [5.74, 6) is -0.238. The lowest BCUT2D eigenvalue weighted by Crippen LogP contribution is -2.12. The maximum absolute atomic E-state index is 11.7. The number of aldehydes is 1. The Bertz CT molecular complexity index is 717. The molecule has 0 aliphatic heterocycles. The number of nitrogens with two attached hydrogens (primary N) is 1. The molecule has 1 aromatic carbocycles. The third kappa shape index (κ3) is 1.86. The van der Waals surface area contributed by atoms with Crippen molar-refractivity contribution >= 4 is 17.3 Å². The largest absolute Gasteiger partial charge is 0.504 e. The Balaban J connectivity index is 3.07. The molecular formula is C13H13NO5. The van der Waals surface area contributed by atoms with Crippen LogP contribution in [-0.2, 0) is 6.54 Å². The lowest BCUT2D eigenvalue weighted by atomic mass is 10.0. The topological polar surface area (TPSA) is 103 Å². The van der Waals surface area contributed by atoms with Crippen LogP contribution in [0.2, 0.25) is 0 Å². The van der Waals surface area contributed by atoms with Crippen LogP contribution in [0.5, 0.6) is 11.5 Å². The van der Waals surface area contributed by atoms with Crippen LogP contribution < -0.4 is 16.1 Å². The van der Waals surface area contributed by atoms with E-state index in [-0.39, 0.29) is 29.2 Å². The predicted molar refractivity (Wildman–Crippen MR) is 68.7 cm³/mol. The van der Waals surface area contributed by atoms with E-state index in [1.165, 1.54) is 13.2 Å². The second-order valence-corrected chi connectivity index (χ2v) is 4.03. The van der Waals surface area contributed by atoms with Gasteiger partial charge >= 0.3 is 5.63 Å². The fourth-order valence-electron chi connectivity index (χ4n) is 2.01. The van der Waals surface area contributed by atoms with Crippen molar-refractivity contribution in [3.8, 4) is 11.5 Å². The molecule has 6 heteroatoms. The highest BCUT2D eigenvalue weighted by atomic mass is 16.5. The molecule has 19 heavy (non-hydrogen) atoms. The summed E-state index contributed by atoms with van der Waals surface area (Å²) in [6.45, 7) is 1.70. The molecule has 0 unspecified atom stereocenters. The fourth-order valence-corrected chi connectivity index (χ4v) is 2.01. The van der Waals surface area contributed by atoms with E-state index in [9.17, 15) is 14.7 Å². The van der Waals surface area contributed by atoms with Gasteiger partial charge in [0.2, 0.25) is 0 Å². The van der Waals surface area contributed by atoms with Crippen LogP contribution in [0.4, 0.5) is 0 Å². The molecule has 0 fully saturated rings. The highest BCUT2D eigenvalue weighted by Crippen LogP contribution is 2.36. The Hall–Kier alpha value is -2.34. The number of carbonyl (C=O) groups excluding carboxylic acids is 1. The molecule has 0 aliphatic rings. The van der Waals surface area contributed by atoms with Gasteiger partial charge in [-0.1, -0.05) is 0 Å². The van der Waals surface area contributed by atoms with E-state index in [4.69, 9.17) is 14.9 Å². The van der Waals surface area contributed by atoms with Crippen LogP contribution in [0.3, 0.4) is 0 Å². The Kier molecular flexibility index (Phi) is 3.26. The van der Waals surface area contributed by atoms with Gasteiger partial charge in [0.05, 0.1) is 7.11 Å². The van der Waals surface area contributed by atoms with Crippen LogP contribution in [0, 0.1) is 6.92 Å². The number of phenols is 1. The van der Waals surface area contributed by atoms with Gasteiger partial charge in [-0.15, -0.1) is 0 Å². The summed E-state index contributed by atoms with van der Waals surface area (Å²) < 4.78 is 10.1.